The van der Waals surface area contributed by atoms with E-state index in [1.54, 1.807) is 16.8 Å². The summed E-state index contributed by atoms with van der Waals surface area (Å²) in [5, 5.41) is 22.1. The van der Waals surface area contributed by atoms with Gasteiger partial charge in [0.15, 0.2) is 5.82 Å². The van der Waals surface area contributed by atoms with Crippen LogP contribution >= 0.6 is 11.6 Å². The fraction of sp³-hybridized carbons (Fsp3) is 0.300. The van der Waals surface area contributed by atoms with E-state index in [-0.39, 0.29) is 6.03 Å². The zero-order valence-corrected chi connectivity index (χ0v) is 17.6. The Hall–Kier alpha value is -3.13. The Bertz CT molecular complexity index is 1010. The van der Waals surface area contributed by atoms with Crippen molar-refractivity contribution in [2.75, 3.05) is 23.7 Å². The summed E-state index contributed by atoms with van der Waals surface area (Å²) in [5.74, 6) is 1.29. The molecule has 0 aliphatic heterocycles. The monoisotopic (exact) mass is 413 g/mol. The number of benzene rings is 1. The van der Waals surface area contributed by atoms with Crippen LogP contribution in [0.25, 0.3) is 5.82 Å². The van der Waals surface area contributed by atoms with Gasteiger partial charge >= 0.3 is 6.03 Å². The number of amides is 2. The molecule has 3 aromatic rings. The van der Waals surface area contributed by atoms with E-state index in [0.717, 1.165) is 22.5 Å². The number of carbonyl (C=O) groups is 1. The van der Waals surface area contributed by atoms with E-state index in [1.165, 1.54) is 0 Å². The van der Waals surface area contributed by atoms with Crippen molar-refractivity contribution in [3.8, 4) is 5.82 Å². The van der Waals surface area contributed by atoms with Gasteiger partial charge in [-0.1, -0.05) is 17.7 Å². The molecule has 0 fully saturated rings. The predicted octanol–water partition coefficient (Wildman–Crippen LogP) is 3.78. The molecule has 3 N–H and O–H groups in total. The number of nitrogens with zero attached hydrogens (tertiary/aromatic N) is 4. The molecule has 0 atom stereocenters. The van der Waals surface area contributed by atoms with Gasteiger partial charge in [-0.15, -0.1) is 10.2 Å². The largest absolute Gasteiger partial charge is 0.367 e. The van der Waals surface area contributed by atoms with Gasteiger partial charge in [0, 0.05) is 29.5 Å². The number of rotatable bonds is 6. The molecule has 2 amide bonds. The molecular formula is C20H24ClN7O. The molecule has 1 aromatic carbocycles. The van der Waals surface area contributed by atoms with Gasteiger partial charge in [-0.05, 0) is 63.1 Å². The van der Waals surface area contributed by atoms with Crippen LogP contribution in [0.2, 0.25) is 5.02 Å². The highest BCUT2D eigenvalue weighted by Crippen LogP contribution is 2.19. The normalized spacial score (nSPS) is 10.7. The zero-order chi connectivity index (χ0) is 21.0. The van der Waals surface area contributed by atoms with E-state index in [1.807, 2.05) is 45.9 Å². The molecule has 2 heterocycles. The van der Waals surface area contributed by atoms with Gasteiger partial charge in [0.25, 0.3) is 0 Å². The van der Waals surface area contributed by atoms with E-state index < -0.39 is 0 Å². The molecule has 0 spiro atoms. The smallest absolute Gasteiger partial charge is 0.319 e. The number of anilines is 2. The van der Waals surface area contributed by atoms with Crippen LogP contribution in [0, 0.1) is 27.7 Å². The number of hydrogen-bond acceptors (Lipinski definition) is 5. The number of hydrogen-bond donors (Lipinski definition) is 3. The number of aryl methyl sites for hydroxylation is 2. The van der Waals surface area contributed by atoms with Gasteiger partial charge in [0.05, 0.1) is 5.69 Å². The van der Waals surface area contributed by atoms with Crippen molar-refractivity contribution >= 4 is 29.1 Å². The Morgan fingerprint density at radius 2 is 1.86 bits per heavy atom. The van der Waals surface area contributed by atoms with Gasteiger partial charge < -0.3 is 16.0 Å². The number of carbonyl (C=O) groups excluding carboxylic acids is 1. The summed E-state index contributed by atoms with van der Waals surface area (Å²) in [6.07, 6.45) is 0. The molecule has 0 bridgehead atoms. The molecule has 0 aliphatic carbocycles. The van der Waals surface area contributed by atoms with Crippen molar-refractivity contribution in [3.63, 3.8) is 0 Å². The van der Waals surface area contributed by atoms with Gasteiger partial charge in [-0.25, -0.2) is 9.48 Å². The summed E-state index contributed by atoms with van der Waals surface area (Å²) in [5.41, 5.74) is 4.77. The predicted molar refractivity (Wildman–Crippen MR) is 115 cm³/mol. The highest BCUT2D eigenvalue weighted by atomic mass is 35.5. The molecule has 2 aromatic heterocycles. The molecular weight excluding hydrogens is 390 g/mol. The maximum Gasteiger partial charge on any atom is 0.319 e. The molecule has 3 rings (SSSR count). The first-order valence-electron chi connectivity index (χ1n) is 9.27. The van der Waals surface area contributed by atoms with Gasteiger partial charge in [0.1, 0.15) is 5.82 Å². The van der Waals surface area contributed by atoms with E-state index in [4.69, 9.17) is 11.6 Å². The first-order valence-corrected chi connectivity index (χ1v) is 9.64. The van der Waals surface area contributed by atoms with Crippen LogP contribution < -0.4 is 16.0 Å². The lowest BCUT2D eigenvalue weighted by atomic mass is 10.2. The highest BCUT2D eigenvalue weighted by molar-refractivity contribution is 6.31. The van der Waals surface area contributed by atoms with Crippen LogP contribution in [-0.4, -0.2) is 39.1 Å². The highest BCUT2D eigenvalue weighted by Gasteiger charge is 2.10. The molecule has 8 nitrogen and oxygen atoms in total. The second kappa shape index (κ2) is 8.91. The summed E-state index contributed by atoms with van der Waals surface area (Å²) < 4.78 is 1.78. The number of nitrogens with one attached hydrogen (secondary N) is 3. The fourth-order valence-corrected chi connectivity index (χ4v) is 2.87. The van der Waals surface area contributed by atoms with E-state index in [0.29, 0.717) is 35.4 Å². The standard InChI is InChI=1S/C20H24ClN7O/c1-12-5-6-16(11-17(12)21)24-20(29)23-10-9-22-18-7-8-19(26-25-18)28-15(4)13(2)14(3)27-28/h5-8,11H,9-10H2,1-4H3,(H,22,25)(H2,23,24,29). The quantitative estimate of drug-likeness (QED) is 0.534. The van der Waals surface area contributed by atoms with Crippen LogP contribution in [0.1, 0.15) is 22.5 Å². The Balaban J connectivity index is 1.46. The minimum absolute atomic E-state index is 0.298. The Kier molecular flexibility index (Phi) is 6.33. The average Bonchev–Trinajstić information content (AvgIpc) is 2.96. The minimum Gasteiger partial charge on any atom is -0.367 e. The summed E-state index contributed by atoms with van der Waals surface area (Å²) >= 11 is 6.06. The second-order valence-electron chi connectivity index (χ2n) is 6.76. The number of urea groups is 1. The zero-order valence-electron chi connectivity index (χ0n) is 16.9. The van der Waals surface area contributed by atoms with Crippen molar-refractivity contribution in [3.05, 3.63) is 57.9 Å². The van der Waals surface area contributed by atoms with Gasteiger partial charge in [-0.3, -0.25) is 0 Å². The lowest BCUT2D eigenvalue weighted by molar-refractivity contribution is 0.252. The van der Waals surface area contributed by atoms with E-state index in [2.05, 4.69) is 31.2 Å². The van der Waals surface area contributed by atoms with Crippen LogP contribution in [0.3, 0.4) is 0 Å². The summed E-state index contributed by atoms with van der Waals surface area (Å²) in [6.45, 7) is 8.85. The first-order chi connectivity index (χ1) is 13.8. The summed E-state index contributed by atoms with van der Waals surface area (Å²) in [7, 11) is 0. The van der Waals surface area contributed by atoms with Crippen molar-refractivity contribution in [1.29, 1.82) is 0 Å². The van der Waals surface area contributed by atoms with Gasteiger partial charge in [-0.2, -0.15) is 5.10 Å². The van der Waals surface area contributed by atoms with Crippen molar-refractivity contribution in [2.24, 2.45) is 0 Å². The molecule has 0 saturated heterocycles. The summed E-state index contributed by atoms with van der Waals surface area (Å²) in [4.78, 5) is 12.0. The summed E-state index contributed by atoms with van der Waals surface area (Å²) in [6, 6.07) is 8.78. The molecule has 152 valence electrons. The van der Waals surface area contributed by atoms with Crippen LogP contribution in [-0.2, 0) is 0 Å². The van der Waals surface area contributed by atoms with Crippen LogP contribution in [0.15, 0.2) is 30.3 Å². The Labute approximate surface area is 174 Å². The lowest BCUT2D eigenvalue weighted by Gasteiger charge is -2.10. The van der Waals surface area contributed by atoms with Crippen LogP contribution in [0.4, 0.5) is 16.3 Å². The van der Waals surface area contributed by atoms with Crippen molar-refractivity contribution < 1.29 is 4.79 Å². The minimum atomic E-state index is -0.298. The lowest BCUT2D eigenvalue weighted by Crippen LogP contribution is -2.32. The topological polar surface area (TPSA) is 96.8 Å². The maximum atomic E-state index is 12.0. The van der Waals surface area contributed by atoms with E-state index in [9.17, 15) is 4.79 Å². The third-order valence-electron chi connectivity index (χ3n) is 4.67. The fourth-order valence-electron chi connectivity index (χ4n) is 2.69. The third kappa shape index (κ3) is 5.03. The van der Waals surface area contributed by atoms with Crippen LogP contribution in [0.5, 0.6) is 0 Å². The second-order valence-corrected chi connectivity index (χ2v) is 7.16. The molecule has 0 aliphatic rings. The molecule has 0 saturated carbocycles. The maximum absolute atomic E-state index is 12.0. The molecule has 9 heteroatoms. The van der Waals surface area contributed by atoms with Crippen molar-refractivity contribution in [1.82, 2.24) is 25.3 Å². The van der Waals surface area contributed by atoms with Crippen molar-refractivity contribution in [2.45, 2.75) is 27.7 Å². The van der Waals surface area contributed by atoms with Gasteiger partial charge in [0.2, 0.25) is 0 Å². The third-order valence-corrected chi connectivity index (χ3v) is 5.07. The first kappa shape index (κ1) is 20.6. The molecule has 0 unspecified atom stereocenters. The molecule has 29 heavy (non-hydrogen) atoms. The SMILES string of the molecule is Cc1ccc(NC(=O)NCCNc2ccc(-n3nc(C)c(C)c3C)nn2)cc1Cl. The Morgan fingerprint density at radius 1 is 1.07 bits per heavy atom. The number of halogens is 1. The average molecular weight is 414 g/mol. The molecule has 0 radical (unpaired) electrons. The van der Waals surface area contributed by atoms with E-state index >= 15 is 0 Å². The number of aromatic nitrogens is 4. The Morgan fingerprint density at radius 3 is 2.48 bits per heavy atom.